The molecule has 3 aliphatic carbocycles. The number of aliphatic hydroxyl groups excluding tert-OH is 1. The molecule has 0 aliphatic heterocycles. The summed E-state index contributed by atoms with van der Waals surface area (Å²) in [7, 11) is 0. The van der Waals surface area contributed by atoms with E-state index < -0.39 is 5.91 Å². The number of amides is 1. The third kappa shape index (κ3) is 3.41. The molecular weight excluding hydrogens is 384 g/mol. The first-order chi connectivity index (χ1) is 14.9. The highest BCUT2D eigenvalue weighted by molar-refractivity contribution is 5.92. The molecule has 164 valence electrons. The van der Waals surface area contributed by atoms with Crippen LogP contribution in [0.5, 0.6) is 0 Å². The molecule has 0 spiro atoms. The zero-order chi connectivity index (χ0) is 21.8. The van der Waals surface area contributed by atoms with E-state index in [1.165, 1.54) is 23.1 Å². The molecule has 5 rings (SSSR count). The Morgan fingerprint density at radius 2 is 2.00 bits per heavy atom. The van der Waals surface area contributed by atoms with E-state index in [-0.39, 0.29) is 17.4 Å². The van der Waals surface area contributed by atoms with Gasteiger partial charge in [0.15, 0.2) is 0 Å². The highest BCUT2D eigenvalue weighted by atomic mass is 16.3. The number of carbonyl (C=O) groups is 1. The van der Waals surface area contributed by atoms with Gasteiger partial charge in [-0.3, -0.25) is 4.79 Å². The van der Waals surface area contributed by atoms with E-state index in [1.54, 1.807) is 6.07 Å². The van der Waals surface area contributed by atoms with Gasteiger partial charge >= 0.3 is 0 Å². The van der Waals surface area contributed by atoms with Crippen molar-refractivity contribution in [3.8, 4) is 0 Å². The average molecular weight is 419 g/mol. The van der Waals surface area contributed by atoms with Gasteiger partial charge < -0.3 is 16.6 Å². The quantitative estimate of drug-likeness (QED) is 0.703. The maximum absolute atomic E-state index is 11.6. The summed E-state index contributed by atoms with van der Waals surface area (Å²) in [6, 6.07) is 14.5. The number of aryl methyl sites for hydroxylation is 1. The molecule has 3 aliphatic rings. The second-order valence-electron chi connectivity index (χ2n) is 10.4. The second kappa shape index (κ2) is 7.75. The topological polar surface area (TPSA) is 89.3 Å². The molecule has 6 atom stereocenters. The lowest BCUT2D eigenvalue weighted by molar-refractivity contribution is -0.0325. The van der Waals surface area contributed by atoms with Crippen molar-refractivity contribution in [2.45, 2.75) is 64.0 Å². The molecule has 2 aromatic carbocycles. The van der Waals surface area contributed by atoms with E-state index in [4.69, 9.17) is 11.5 Å². The van der Waals surface area contributed by atoms with E-state index in [2.05, 4.69) is 31.2 Å². The summed E-state index contributed by atoms with van der Waals surface area (Å²) < 4.78 is 0. The van der Waals surface area contributed by atoms with Crippen molar-refractivity contribution in [2.24, 2.45) is 34.6 Å². The van der Waals surface area contributed by atoms with Gasteiger partial charge in [0.25, 0.3) is 0 Å². The SMILES string of the molecule is C[C@]12CC[C@@H]3c4ccc(CN)cc4CC[C@H]3[C@@H]1C[C@H](Cc1cccc(C(N)=O)c1)[C@@H]2O. The predicted octanol–water partition coefficient (Wildman–Crippen LogP) is 3.93. The Bertz CT molecular complexity index is 1000. The standard InChI is InChI=1S/C27H34N2O2/c1-27-10-9-22-21-7-5-17(15-28)13-18(21)6-8-23(22)24(27)14-20(25(27)30)12-16-3-2-4-19(11-16)26(29)31/h2-5,7,11,13,20,22-25,30H,6,8-10,12,14-15,28H2,1H3,(H2,29,31)/t20-,22+,23+,24-,25-,27-/m0/s1. The number of primary amides is 1. The molecular formula is C27H34N2O2. The number of carbonyl (C=O) groups excluding carboxylic acids is 1. The zero-order valence-corrected chi connectivity index (χ0v) is 18.4. The normalized spacial score (nSPS) is 34.0. The highest BCUT2D eigenvalue weighted by Gasteiger charge is 2.57. The smallest absolute Gasteiger partial charge is 0.248 e. The molecule has 0 aromatic heterocycles. The fourth-order valence-electron chi connectivity index (χ4n) is 7.26. The number of fused-ring (bicyclic) bond motifs is 5. The molecule has 2 fully saturated rings. The lowest BCUT2D eigenvalue weighted by atomic mass is 9.55. The molecule has 0 heterocycles. The molecule has 0 radical (unpaired) electrons. The second-order valence-corrected chi connectivity index (χ2v) is 10.4. The predicted molar refractivity (Wildman–Crippen MR) is 122 cm³/mol. The summed E-state index contributed by atoms with van der Waals surface area (Å²) in [6.45, 7) is 2.93. The van der Waals surface area contributed by atoms with Crippen LogP contribution in [0.3, 0.4) is 0 Å². The number of aliphatic hydroxyl groups is 1. The molecule has 1 amide bonds. The third-order valence-electron chi connectivity index (χ3n) is 8.85. The Kier molecular flexibility index (Phi) is 5.18. The molecule has 4 nitrogen and oxygen atoms in total. The first kappa shape index (κ1) is 20.7. The minimum Gasteiger partial charge on any atom is -0.392 e. The van der Waals surface area contributed by atoms with Crippen LogP contribution in [0.1, 0.15) is 71.1 Å². The molecule has 2 saturated carbocycles. The molecule has 0 saturated heterocycles. The van der Waals surface area contributed by atoms with Crippen LogP contribution >= 0.6 is 0 Å². The zero-order valence-electron chi connectivity index (χ0n) is 18.4. The van der Waals surface area contributed by atoms with E-state index in [9.17, 15) is 9.90 Å². The fraction of sp³-hybridized carbons (Fsp3) is 0.519. The average Bonchev–Trinajstić information content (AvgIpc) is 3.03. The lowest BCUT2D eigenvalue weighted by Crippen LogP contribution is -2.44. The van der Waals surface area contributed by atoms with Crippen molar-refractivity contribution < 1.29 is 9.90 Å². The van der Waals surface area contributed by atoms with Crippen LogP contribution in [0.25, 0.3) is 0 Å². The maximum atomic E-state index is 11.6. The maximum Gasteiger partial charge on any atom is 0.248 e. The number of rotatable bonds is 4. The van der Waals surface area contributed by atoms with Gasteiger partial charge in [-0.25, -0.2) is 0 Å². The summed E-state index contributed by atoms with van der Waals surface area (Å²) in [5.74, 6) is 1.64. The molecule has 2 aromatic rings. The first-order valence-corrected chi connectivity index (χ1v) is 11.8. The van der Waals surface area contributed by atoms with Crippen LogP contribution in [0.4, 0.5) is 0 Å². The van der Waals surface area contributed by atoms with E-state index in [0.29, 0.717) is 29.9 Å². The Balaban J connectivity index is 1.39. The van der Waals surface area contributed by atoms with Gasteiger partial charge in [-0.05, 0) is 102 Å². The Hall–Kier alpha value is -2.17. The summed E-state index contributed by atoms with van der Waals surface area (Å²) >= 11 is 0. The van der Waals surface area contributed by atoms with Gasteiger partial charge in [-0.15, -0.1) is 0 Å². The minimum absolute atomic E-state index is 0.0121. The van der Waals surface area contributed by atoms with Crippen molar-refractivity contribution in [3.05, 3.63) is 70.3 Å². The Morgan fingerprint density at radius 1 is 1.16 bits per heavy atom. The number of benzene rings is 2. The van der Waals surface area contributed by atoms with Gasteiger partial charge in [-0.1, -0.05) is 37.3 Å². The molecule has 5 N–H and O–H groups in total. The Morgan fingerprint density at radius 3 is 2.77 bits per heavy atom. The summed E-state index contributed by atoms with van der Waals surface area (Å²) in [5, 5.41) is 11.4. The van der Waals surface area contributed by atoms with E-state index in [0.717, 1.165) is 37.7 Å². The fourth-order valence-corrected chi connectivity index (χ4v) is 7.26. The summed E-state index contributed by atoms with van der Waals surface area (Å²) in [4.78, 5) is 11.6. The number of hydrogen-bond donors (Lipinski definition) is 3. The minimum atomic E-state index is -0.393. The van der Waals surface area contributed by atoms with Gasteiger partial charge in [0.05, 0.1) is 6.10 Å². The van der Waals surface area contributed by atoms with Gasteiger partial charge in [0.1, 0.15) is 0 Å². The highest BCUT2D eigenvalue weighted by Crippen LogP contribution is 2.62. The van der Waals surface area contributed by atoms with Gasteiger partial charge in [0, 0.05) is 12.1 Å². The van der Waals surface area contributed by atoms with Crippen molar-refractivity contribution in [2.75, 3.05) is 0 Å². The Labute approximate surface area is 185 Å². The first-order valence-electron chi connectivity index (χ1n) is 11.8. The van der Waals surface area contributed by atoms with E-state index >= 15 is 0 Å². The van der Waals surface area contributed by atoms with Crippen LogP contribution in [-0.2, 0) is 19.4 Å². The third-order valence-corrected chi connectivity index (χ3v) is 8.85. The van der Waals surface area contributed by atoms with Crippen LogP contribution < -0.4 is 11.5 Å². The van der Waals surface area contributed by atoms with Crippen molar-refractivity contribution >= 4 is 5.91 Å². The largest absolute Gasteiger partial charge is 0.392 e. The molecule has 0 unspecified atom stereocenters. The van der Waals surface area contributed by atoms with Crippen LogP contribution in [0.2, 0.25) is 0 Å². The van der Waals surface area contributed by atoms with Gasteiger partial charge in [-0.2, -0.15) is 0 Å². The van der Waals surface area contributed by atoms with Crippen LogP contribution in [0.15, 0.2) is 42.5 Å². The molecule has 31 heavy (non-hydrogen) atoms. The van der Waals surface area contributed by atoms with Crippen molar-refractivity contribution in [1.29, 1.82) is 0 Å². The van der Waals surface area contributed by atoms with Crippen molar-refractivity contribution in [3.63, 3.8) is 0 Å². The van der Waals surface area contributed by atoms with Crippen molar-refractivity contribution in [1.82, 2.24) is 0 Å². The number of nitrogens with two attached hydrogens (primary N) is 2. The van der Waals surface area contributed by atoms with Gasteiger partial charge in [0.2, 0.25) is 5.91 Å². The molecule has 0 bridgehead atoms. The van der Waals surface area contributed by atoms with Crippen LogP contribution in [-0.4, -0.2) is 17.1 Å². The monoisotopic (exact) mass is 418 g/mol. The van der Waals surface area contributed by atoms with E-state index in [1.807, 2.05) is 12.1 Å². The van der Waals surface area contributed by atoms with Crippen LogP contribution in [0, 0.1) is 23.2 Å². The molecule has 4 heteroatoms. The summed E-state index contributed by atoms with van der Waals surface area (Å²) in [5.41, 5.74) is 17.2. The lowest BCUT2D eigenvalue weighted by Gasteiger charge is -2.50. The number of hydrogen-bond acceptors (Lipinski definition) is 3. The summed E-state index contributed by atoms with van der Waals surface area (Å²) in [6.07, 6.45) is 6.15.